The summed E-state index contributed by atoms with van der Waals surface area (Å²) in [4.78, 5) is 14.1. The number of aromatic hydroxyl groups is 1. The third kappa shape index (κ3) is 6.03. The number of nitrogens with one attached hydrogen (secondary N) is 2. The number of hydrogen-bond acceptors (Lipinski definition) is 5. The van der Waals surface area contributed by atoms with Crippen molar-refractivity contribution in [3.05, 3.63) is 106 Å². The monoisotopic (exact) mass is 480 g/mol. The van der Waals surface area contributed by atoms with E-state index in [0.717, 1.165) is 5.56 Å². The molecule has 4 N–H and O–H groups in total. The number of fused-ring (bicyclic) bond motifs is 1. The number of aromatic amines is 1. The van der Waals surface area contributed by atoms with Gasteiger partial charge in [-0.25, -0.2) is 0 Å². The van der Waals surface area contributed by atoms with E-state index in [1.165, 1.54) is 24.3 Å². The normalized spacial score (nSPS) is 12.5. The zero-order valence-electron chi connectivity index (χ0n) is 18.9. The minimum absolute atomic E-state index is 0.0576. The van der Waals surface area contributed by atoms with Crippen molar-refractivity contribution in [1.82, 2.24) is 10.3 Å². The highest BCUT2D eigenvalue weighted by Gasteiger charge is 2.32. The van der Waals surface area contributed by atoms with Gasteiger partial charge in [-0.15, -0.1) is 0 Å². The third-order valence-electron chi connectivity index (χ3n) is 5.73. The van der Waals surface area contributed by atoms with Crippen LogP contribution in [0.3, 0.4) is 0 Å². The second-order valence-corrected chi connectivity index (χ2v) is 8.26. The molecule has 0 aliphatic carbocycles. The second-order valence-electron chi connectivity index (χ2n) is 8.26. The summed E-state index contributed by atoms with van der Waals surface area (Å²) in [5.74, 6) is -2.77. The number of H-pyrrole nitrogens is 1. The molecule has 1 heterocycles. The molecule has 182 valence electrons. The zero-order chi connectivity index (χ0) is 24.8. The molecule has 8 heteroatoms. The highest BCUT2D eigenvalue weighted by Crippen LogP contribution is 2.29. The van der Waals surface area contributed by atoms with Gasteiger partial charge in [-0.2, -0.15) is 8.78 Å². The first-order chi connectivity index (χ1) is 16.8. The first-order valence-corrected chi connectivity index (χ1v) is 11.2. The quantitative estimate of drug-likeness (QED) is 0.254. The van der Waals surface area contributed by atoms with Crippen LogP contribution in [0.1, 0.15) is 22.8 Å². The van der Waals surface area contributed by atoms with Crippen LogP contribution in [0.2, 0.25) is 0 Å². The van der Waals surface area contributed by atoms with E-state index in [1.807, 2.05) is 12.1 Å². The van der Waals surface area contributed by atoms with E-state index in [2.05, 4.69) is 10.3 Å². The molecule has 1 aromatic heterocycles. The van der Waals surface area contributed by atoms with Crippen LogP contribution in [0.5, 0.6) is 11.5 Å². The SMILES string of the molecule is O=c1ccc2c(C(O)CNCCc3ccc(OCC(F)(F)c4ccccc4)cc3)ccc(O)c2[nH]1. The molecule has 0 amide bonds. The Morgan fingerprint density at radius 2 is 1.71 bits per heavy atom. The molecule has 3 aromatic carbocycles. The Hall–Kier alpha value is -3.75. The maximum Gasteiger partial charge on any atom is 0.306 e. The van der Waals surface area contributed by atoms with E-state index in [-0.39, 0.29) is 28.9 Å². The van der Waals surface area contributed by atoms with Crippen molar-refractivity contribution >= 4 is 10.9 Å². The Labute approximate surface area is 200 Å². The summed E-state index contributed by atoms with van der Waals surface area (Å²) in [7, 11) is 0. The molecule has 0 saturated carbocycles. The Bertz CT molecular complexity index is 1320. The maximum atomic E-state index is 14.3. The number of phenolic OH excluding ortho intramolecular Hbond substituents is 1. The molecule has 0 saturated heterocycles. The fourth-order valence-electron chi connectivity index (χ4n) is 3.82. The van der Waals surface area contributed by atoms with Gasteiger partial charge in [-0.05, 0) is 48.4 Å². The molecular formula is C27H26F2N2O4. The van der Waals surface area contributed by atoms with Gasteiger partial charge in [-0.1, -0.05) is 48.5 Å². The first-order valence-electron chi connectivity index (χ1n) is 11.2. The van der Waals surface area contributed by atoms with Crippen molar-refractivity contribution in [1.29, 1.82) is 0 Å². The Morgan fingerprint density at radius 3 is 2.46 bits per heavy atom. The number of aromatic nitrogens is 1. The van der Waals surface area contributed by atoms with E-state index in [9.17, 15) is 23.8 Å². The van der Waals surface area contributed by atoms with Gasteiger partial charge < -0.3 is 25.3 Å². The lowest BCUT2D eigenvalue weighted by Crippen LogP contribution is -2.24. The van der Waals surface area contributed by atoms with E-state index in [4.69, 9.17) is 4.74 Å². The summed E-state index contributed by atoms with van der Waals surface area (Å²) in [6.07, 6.45) is -0.178. The number of aliphatic hydroxyl groups excluding tert-OH is 1. The predicted octanol–water partition coefficient (Wildman–Crippen LogP) is 4.27. The predicted molar refractivity (Wildman–Crippen MR) is 130 cm³/mol. The second kappa shape index (κ2) is 10.7. The van der Waals surface area contributed by atoms with E-state index >= 15 is 0 Å². The number of phenols is 1. The van der Waals surface area contributed by atoms with Gasteiger partial charge in [-0.3, -0.25) is 4.79 Å². The van der Waals surface area contributed by atoms with Gasteiger partial charge in [0.15, 0.2) is 6.61 Å². The number of benzene rings is 3. The lowest BCUT2D eigenvalue weighted by atomic mass is 10.0. The standard InChI is InChI=1S/C27H26F2N2O4/c28-27(29,19-4-2-1-3-5-19)17-35-20-8-6-18(7-9-20)14-15-30-16-24(33)21-10-12-23(32)26-22(21)11-13-25(34)31-26/h1-13,24,30,32-33H,14-17H2,(H,31,34). The van der Waals surface area contributed by atoms with E-state index in [0.29, 0.717) is 29.7 Å². The summed E-state index contributed by atoms with van der Waals surface area (Å²) < 4.78 is 33.8. The highest BCUT2D eigenvalue weighted by atomic mass is 19.3. The Kier molecular flexibility index (Phi) is 7.43. The third-order valence-corrected chi connectivity index (χ3v) is 5.73. The summed E-state index contributed by atoms with van der Waals surface area (Å²) in [5.41, 5.74) is 1.45. The Morgan fingerprint density at radius 1 is 0.971 bits per heavy atom. The average Bonchev–Trinajstić information content (AvgIpc) is 2.87. The summed E-state index contributed by atoms with van der Waals surface area (Å²) in [6.45, 7) is 0.112. The molecular weight excluding hydrogens is 454 g/mol. The van der Waals surface area contributed by atoms with Crippen molar-refractivity contribution in [3.63, 3.8) is 0 Å². The summed E-state index contributed by atoms with van der Waals surface area (Å²) in [6, 6.07) is 20.5. The number of hydrogen-bond donors (Lipinski definition) is 4. The first kappa shape index (κ1) is 24.4. The molecule has 0 radical (unpaired) electrons. The van der Waals surface area contributed by atoms with Crippen LogP contribution in [0.15, 0.2) is 83.7 Å². The molecule has 1 unspecified atom stereocenters. The van der Waals surface area contributed by atoms with Gasteiger partial charge in [0.1, 0.15) is 11.5 Å². The molecule has 0 fully saturated rings. The van der Waals surface area contributed by atoms with Crippen molar-refractivity contribution < 1.29 is 23.7 Å². The van der Waals surface area contributed by atoms with Crippen molar-refractivity contribution in [2.75, 3.05) is 19.7 Å². The fourth-order valence-corrected chi connectivity index (χ4v) is 3.82. The number of halogens is 2. The number of pyridine rings is 1. The molecule has 4 aromatic rings. The average molecular weight is 481 g/mol. The summed E-state index contributed by atoms with van der Waals surface area (Å²) >= 11 is 0. The zero-order valence-corrected chi connectivity index (χ0v) is 18.9. The van der Waals surface area contributed by atoms with E-state index in [1.54, 1.807) is 42.5 Å². The van der Waals surface area contributed by atoms with Crippen LogP contribution in [-0.4, -0.2) is 34.9 Å². The lowest BCUT2D eigenvalue weighted by molar-refractivity contribution is -0.0467. The molecule has 6 nitrogen and oxygen atoms in total. The van der Waals surface area contributed by atoms with Gasteiger partial charge in [0.2, 0.25) is 5.56 Å². The van der Waals surface area contributed by atoms with Crippen molar-refractivity contribution in [3.8, 4) is 11.5 Å². The topological polar surface area (TPSA) is 94.6 Å². The number of alkyl halides is 2. The van der Waals surface area contributed by atoms with Crippen molar-refractivity contribution in [2.45, 2.75) is 18.4 Å². The van der Waals surface area contributed by atoms with Gasteiger partial charge in [0.25, 0.3) is 0 Å². The lowest BCUT2D eigenvalue weighted by Gasteiger charge is -2.17. The van der Waals surface area contributed by atoms with Crippen LogP contribution in [-0.2, 0) is 12.3 Å². The largest absolute Gasteiger partial charge is 0.506 e. The number of ether oxygens (including phenoxy) is 1. The molecule has 0 aliphatic rings. The van der Waals surface area contributed by atoms with Crippen LogP contribution in [0.4, 0.5) is 8.78 Å². The Balaban J connectivity index is 1.26. The van der Waals surface area contributed by atoms with Gasteiger partial charge in [0, 0.05) is 23.6 Å². The molecule has 0 spiro atoms. The molecule has 0 bridgehead atoms. The fraction of sp³-hybridized carbons (Fsp3) is 0.222. The minimum Gasteiger partial charge on any atom is -0.506 e. The summed E-state index contributed by atoms with van der Waals surface area (Å²) in [5, 5.41) is 24.3. The van der Waals surface area contributed by atoms with Gasteiger partial charge in [0.05, 0.1) is 11.6 Å². The van der Waals surface area contributed by atoms with Crippen LogP contribution < -0.4 is 15.6 Å². The highest BCUT2D eigenvalue weighted by molar-refractivity contribution is 5.87. The van der Waals surface area contributed by atoms with Gasteiger partial charge >= 0.3 is 5.92 Å². The molecule has 1 atom stereocenters. The van der Waals surface area contributed by atoms with Crippen LogP contribution >= 0.6 is 0 Å². The molecule has 35 heavy (non-hydrogen) atoms. The smallest absolute Gasteiger partial charge is 0.306 e. The minimum atomic E-state index is -3.08. The molecule has 4 rings (SSSR count). The van der Waals surface area contributed by atoms with Crippen LogP contribution in [0.25, 0.3) is 10.9 Å². The maximum absolute atomic E-state index is 14.3. The molecule has 0 aliphatic heterocycles. The van der Waals surface area contributed by atoms with E-state index < -0.39 is 18.6 Å². The van der Waals surface area contributed by atoms with Crippen LogP contribution in [0, 0.1) is 0 Å². The number of rotatable bonds is 10. The van der Waals surface area contributed by atoms with Crippen molar-refractivity contribution in [2.24, 2.45) is 0 Å². The number of aliphatic hydroxyl groups is 1.